The molecule has 138 valence electrons. The van der Waals surface area contributed by atoms with Crippen LogP contribution in [0.2, 0.25) is 0 Å². The van der Waals surface area contributed by atoms with Gasteiger partial charge >= 0.3 is 0 Å². The number of benzene rings is 2. The van der Waals surface area contributed by atoms with Crippen LogP contribution in [0.1, 0.15) is 41.9 Å². The zero-order valence-corrected chi connectivity index (χ0v) is 15.8. The first kappa shape index (κ1) is 18.9. The molecule has 1 unspecified atom stereocenters. The molecule has 1 aliphatic carbocycles. The quantitative estimate of drug-likeness (QED) is 0.888. The Balaban J connectivity index is 0.00000196. The van der Waals surface area contributed by atoms with Crippen LogP contribution in [0.15, 0.2) is 54.6 Å². The van der Waals surface area contributed by atoms with Crippen LogP contribution in [0.5, 0.6) is 0 Å². The van der Waals surface area contributed by atoms with Crippen LogP contribution >= 0.6 is 12.4 Å². The van der Waals surface area contributed by atoms with Crippen molar-refractivity contribution in [2.75, 3.05) is 13.1 Å². The molecule has 0 bridgehead atoms. The standard InChI is InChI=1S/C22H26N2O.ClH/c23-13-17-10-6-12-20(17)22(25)24-14-18-9-4-5-11-19(18)21(15-24)16-7-2-1-3-8-16;/h1-5,7-9,11,17,20-21H,6,10,12-15,23H2;1H/t17-,20-,21?;/m1./s1. The van der Waals surface area contributed by atoms with Crippen LogP contribution in [-0.2, 0) is 11.3 Å². The number of fused-ring (bicyclic) bond motifs is 1. The summed E-state index contributed by atoms with van der Waals surface area (Å²) < 4.78 is 0. The molecule has 2 aromatic carbocycles. The van der Waals surface area contributed by atoms with Gasteiger partial charge < -0.3 is 10.6 Å². The molecule has 1 amide bonds. The second kappa shape index (κ2) is 8.24. The Morgan fingerprint density at radius 2 is 1.77 bits per heavy atom. The van der Waals surface area contributed by atoms with E-state index in [0.29, 0.717) is 18.4 Å². The molecule has 0 saturated heterocycles. The van der Waals surface area contributed by atoms with Gasteiger partial charge in [0.2, 0.25) is 5.91 Å². The highest BCUT2D eigenvalue weighted by molar-refractivity contribution is 5.85. The molecule has 0 radical (unpaired) electrons. The molecule has 1 fully saturated rings. The number of hydrogen-bond acceptors (Lipinski definition) is 2. The van der Waals surface area contributed by atoms with Gasteiger partial charge in [-0.25, -0.2) is 0 Å². The maximum absolute atomic E-state index is 13.2. The SMILES string of the molecule is Cl.NC[C@H]1CCC[C@H]1C(=O)N1Cc2ccccc2C(c2ccccc2)C1. The molecule has 2 aliphatic rings. The van der Waals surface area contributed by atoms with Crippen LogP contribution in [0.4, 0.5) is 0 Å². The Bertz CT molecular complexity index is 749. The van der Waals surface area contributed by atoms with E-state index in [-0.39, 0.29) is 24.2 Å². The summed E-state index contributed by atoms with van der Waals surface area (Å²) in [6.07, 6.45) is 3.22. The van der Waals surface area contributed by atoms with Crippen LogP contribution in [-0.4, -0.2) is 23.9 Å². The topological polar surface area (TPSA) is 46.3 Å². The second-order valence-corrected chi connectivity index (χ2v) is 7.41. The van der Waals surface area contributed by atoms with Crippen molar-refractivity contribution in [1.29, 1.82) is 0 Å². The molecule has 3 nitrogen and oxygen atoms in total. The van der Waals surface area contributed by atoms with Gasteiger partial charge in [-0.05, 0) is 42.0 Å². The van der Waals surface area contributed by atoms with Crippen molar-refractivity contribution in [3.63, 3.8) is 0 Å². The number of amides is 1. The summed E-state index contributed by atoms with van der Waals surface area (Å²) >= 11 is 0. The number of rotatable bonds is 3. The third-order valence-electron chi connectivity index (χ3n) is 5.99. The minimum Gasteiger partial charge on any atom is -0.337 e. The zero-order valence-electron chi connectivity index (χ0n) is 15.0. The first-order valence-electron chi connectivity index (χ1n) is 9.39. The van der Waals surface area contributed by atoms with Gasteiger partial charge in [-0.2, -0.15) is 0 Å². The molecule has 0 aromatic heterocycles. The highest BCUT2D eigenvalue weighted by atomic mass is 35.5. The van der Waals surface area contributed by atoms with E-state index in [9.17, 15) is 4.79 Å². The summed E-state index contributed by atoms with van der Waals surface area (Å²) in [6.45, 7) is 2.13. The molecule has 2 N–H and O–H groups in total. The van der Waals surface area contributed by atoms with Crippen molar-refractivity contribution in [2.24, 2.45) is 17.6 Å². The molecule has 1 heterocycles. The van der Waals surface area contributed by atoms with Gasteiger partial charge in [0.05, 0.1) is 0 Å². The van der Waals surface area contributed by atoms with E-state index in [1.807, 2.05) is 6.07 Å². The lowest BCUT2D eigenvalue weighted by Crippen LogP contribution is -2.43. The summed E-state index contributed by atoms with van der Waals surface area (Å²) in [5.74, 6) is 1.04. The highest BCUT2D eigenvalue weighted by Gasteiger charge is 2.37. The van der Waals surface area contributed by atoms with Crippen LogP contribution < -0.4 is 5.73 Å². The second-order valence-electron chi connectivity index (χ2n) is 7.41. The monoisotopic (exact) mass is 370 g/mol. The third kappa shape index (κ3) is 3.51. The molecular weight excluding hydrogens is 344 g/mol. The van der Waals surface area contributed by atoms with Crippen LogP contribution in [0.25, 0.3) is 0 Å². The maximum atomic E-state index is 13.2. The van der Waals surface area contributed by atoms with E-state index in [2.05, 4.69) is 53.4 Å². The number of halogens is 1. The smallest absolute Gasteiger partial charge is 0.226 e. The van der Waals surface area contributed by atoms with Gasteiger partial charge in [0.15, 0.2) is 0 Å². The number of hydrogen-bond donors (Lipinski definition) is 1. The molecule has 2 aromatic rings. The third-order valence-corrected chi connectivity index (χ3v) is 5.99. The number of nitrogens with two attached hydrogens (primary N) is 1. The van der Waals surface area contributed by atoms with Gasteiger partial charge in [-0.3, -0.25) is 4.79 Å². The molecule has 1 saturated carbocycles. The van der Waals surface area contributed by atoms with Crippen molar-refractivity contribution in [3.05, 3.63) is 71.3 Å². The van der Waals surface area contributed by atoms with Gasteiger partial charge in [-0.1, -0.05) is 61.0 Å². The number of carbonyl (C=O) groups excluding carboxylic acids is 1. The average Bonchev–Trinajstić information content (AvgIpc) is 3.16. The van der Waals surface area contributed by atoms with Crippen molar-refractivity contribution in [2.45, 2.75) is 31.7 Å². The lowest BCUT2D eigenvalue weighted by Gasteiger charge is -2.37. The summed E-state index contributed by atoms with van der Waals surface area (Å²) in [4.78, 5) is 15.3. The number of nitrogens with zero attached hydrogens (tertiary/aromatic N) is 1. The summed E-state index contributed by atoms with van der Waals surface area (Å²) in [5.41, 5.74) is 9.84. The van der Waals surface area contributed by atoms with Gasteiger partial charge in [0, 0.05) is 24.9 Å². The molecule has 0 spiro atoms. The zero-order chi connectivity index (χ0) is 17.2. The van der Waals surface area contributed by atoms with E-state index in [4.69, 9.17) is 5.73 Å². The first-order valence-corrected chi connectivity index (χ1v) is 9.39. The van der Waals surface area contributed by atoms with Gasteiger partial charge in [-0.15, -0.1) is 12.4 Å². The Labute approximate surface area is 162 Å². The van der Waals surface area contributed by atoms with Crippen LogP contribution in [0, 0.1) is 11.8 Å². The maximum Gasteiger partial charge on any atom is 0.226 e. The van der Waals surface area contributed by atoms with E-state index in [1.165, 1.54) is 16.7 Å². The lowest BCUT2D eigenvalue weighted by atomic mass is 9.83. The summed E-state index contributed by atoms with van der Waals surface area (Å²) in [5, 5.41) is 0. The average molecular weight is 371 g/mol. The normalized spacial score (nSPS) is 24.7. The minimum atomic E-state index is 0. The molecule has 1 aliphatic heterocycles. The fourth-order valence-corrected chi connectivity index (χ4v) is 4.62. The van der Waals surface area contributed by atoms with Crippen molar-refractivity contribution in [1.82, 2.24) is 4.90 Å². The van der Waals surface area contributed by atoms with E-state index in [1.54, 1.807) is 0 Å². The predicted molar refractivity (Wildman–Crippen MR) is 107 cm³/mol. The van der Waals surface area contributed by atoms with Crippen molar-refractivity contribution < 1.29 is 4.79 Å². The Kier molecular flexibility index (Phi) is 6.00. The van der Waals surface area contributed by atoms with E-state index >= 15 is 0 Å². The Morgan fingerprint density at radius 1 is 1.04 bits per heavy atom. The van der Waals surface area contributed by atoms with Crippen molar-refractivity contribution >= 4 is 18.3 Å². The van der Waals surface area contributed by atoms with Crippen LogP contribution in [0.3, 0.4) is 0 Å². The Morgan fingerprint density at radius 3 is 2.54 bits per heavy atom. The van der Waals surface area contributed by atoms with E-state index in [0.717, 1.165) is 32.4 Å². The van der Waals surface area contributed by atoms with Gasteiger partial charge in [0.25, 0.3) is 0 Å². The molecular formula is C22H27ClN2O. The molecule has 26 heavy (non-hydrogen) atoms. The first-order chi connectivity index (χ1) is 12.3. The fraction of sp³-hybridized carbons (Fsp3) is 0.409. The minimum absolute atomic E-state index is 0. The summed E-state index contributed by atoms with van der Waals surface area (Å²) in [7, 11) is 0. The van der Waals surface area contributed by atoms with Gasteiger partial charge in [0.1, 0.15) is 0 Å². The lowest BCUT2D eigenvalue weighted by molar-refractivity contribution is -0.137. The summed E-state index contributed by atoms with van der Waals surface area (Å²) in [6, 6.07) is 19.1. The predicted octanol–water partition coefficient (Wildman–Crippen LogP) is 3.96. The molecule has 3 atom stereocenters. The highest BCUT2D eigenvalue weighted by Crippen LogP contribution is 2.37. The molecule has 4 heteroatoms. The largest absolute Gasteiger partial charge is 0.337 e. The Hall–Kier alpha value is -1.84. The number of carbonyl (C=O) groups is 1. The fourth-order valence-electron chi connectivity index (χ4n) is 4.62. The molecule has 4 rings (SSSR count). The van der Waals surface area contributed by atoms with E-state index < -0.39 is 0 Å². The van der Waals surface area contributed by atoms with Crippen molar-refractivity contribution in [3.8, 4) is 0 Å².